The summed E-state index contributed by atoms with van der Waals surface area (Å²) in [6.45, 7) is 0. The van der Waals surface area contributed by atoms with Crippen molar-refractivity contribution in [2.45, 2.75) is 0 Å². The lowest BCUT2D eigenvalue weighted by Gasteiger charge is -2.01. The molecule has 0 aromatic heterocycles. The molecule has 0 heterocycles. The van der Waals surface area contributed by atoms with Gasteiger partial charge < -0.3 is 20.4 Å². The third-order valence-electron chi connectivity index (χ3n) is 4.14. The maximum Gasteiger partial charge on any atom is 0.193 e. The molecule has 0 aliphatic rings. The number of hydrogen-bond donors (Lipinski definition) is 4. The van der Waals surface area contributed by atoms with E-state index in [1.54, 1.807) is 60.7 Å². The lowest BCUT2D eigenvalue weighted by molar-refractivity contribution is 0.103. The Bertz CT molecular complexity index is 1010. The lowest BCUT2D eigenvalue weighted by Crippen LogP contribution is -2.00. The minimum absolute atomic E-state index is 0.127. The van der Waals surface area contributed by atoms with E-state index in [1.165, 1.54) is 24.3 Å². The van der Waals surface area contributed by atoms with Crippen molar-refractivity contribution in [1.82, 2.24) is 0 Å². The Morgan fingerprint density at radius 2 is 0.857 bits per heavy atom. The van der Waals surface area contributed by atoms with Crippen LogP contribution in [0.25, 0.3) is 10.8 Å². The molecule has 0 amide bonds. The highest BCUT2D eigenvalue weighted by molar-refractivity contribution is 6.09. The van der Waals surface area contributed by atoms with E-state index >= 15 is 0 Å². The summed E-state index contributed by atoms with van der Waals surface area (Å²) in [4.78, 5) is 11.9. The molecule has 0 fully saturated rings. The van der Waals surface area contributed by atoms with Crippen LogP contribution in [0, 0.1) is 0 Å². The smallest absolute Gasteiger partial charge is 0.193 e. The monoisotopic (exact) mass is 374 g/mol. The van der Waals surface area contributed by atoms with Crippen LogP contribution in [0.1, 0.15) is 15.9 Å². The Morgan fingerprint density at radius 3 is 1.21 bits per heavy atom. The van der Waals surface area contributed by atoms with Crippen molar-refractivity contribution < 1.29 is 25.2 Å². The first-order valence-corrected chi connectivity index (χ1v) is 8.48. The molecule has 4 N–H and O–H groups in total. The Balaban J connectivity index is 0.000000167. The van der Waals surface area contributed by atoms with E-state index < -0.39 is 0 Å². The maximum absolute atomic E-state index is 11.9. The highest BCUT2D eigenvalue weighted by atomic mass is 16.3. The second-order valence-corrected chi connectivity index (χ2v) is 6.07. The molecule has 0 radical (unpaired) electrons. The third kappa shape index (κ3) is 4.22. The molecule has 0 bridgehead atoms. The summed E-state index contributed by atoms with van der Waals surface area (Å²) < 4.78 is 0. The number of carbonyl (C=O) groups excluding carboxylic acids is 1. The van der Waals surface area contributed by atoms with E-state index in [9.17, 15) is 15.0 Å². The predicted molar refractivity (Wildman–Crippen MR) is 107 cm³/mol. The van der Waals surface area contributed by atoms with Crippen LogP contribution < -0.4 is 0 Å². The van der Waals surface area contributed by atoms with Crippen molar-refractivity contribution in [3.8, 4) is 23.0 Å². The molecule has 4 rings (SSSR count). The van der Waals surface area contributed by atoms with Crippen LogP contribution in [-0.4, -0.2) is 26.2 Å². The molecule has 0 spiro atoms. The molecular weight excluding hydrogens is 356 g/mol. The maximum atomic E-state index is 11.9. The number of carbonyl (C=O) groups is 1. The van der Waals surface area contributed by atoms with Gasteiger partial charge in [0.05, 0.1) is 0 Å². The zero-order valence-electron chi connectivity index (χ0n) is 14.8. The van der Waals surface area contributed by atoms with Gasteiger partial charge in [-0.2, -0.15) is 0 Å². The fraction of sp³-hybridized carbons (Fsp3) is 0. The number of fused-ring (bicyclic) bond motifs is 1. The SMILES string of the molecule is O=C(c1ccc(O)cc1)c1ccc(O)cc1.Oc1cccc2c(O)cccc12. The van der Waals surface area contributed by atoms with Crippen LogP contribution in [-0.2, 0) is 0 Å². The number of phenols is 4. The number of ketones is 1. The molecule has 28 heavy (non-hydrogen) atoms. The van der Waals surface area contributed by atoms with Crippen molar-refractivity contribution in [3.63, 3.8) is 0 Å². The topological polar surface area (TPSA) is 98.0 Å². The highest BCUT2D eigenvalue weighted by Crippen LogP contribution is 2.29. The van der Waals surface area contributed by atoms with Gasteiger partial charge in [-0.05, 0) is 60.7 Å². The van der Waals surface area contributed by atoms with Crippen molar-refractivity contribution in [1.29, 1.82) is 0 Å². The Morgan fingerprint density at radius 1 is 0.500 bits per heavy atom. The van der Waals surface area contributed by atoms with Crippen molar-refractivity contribution in [2.75, 3.05) is 0 Å². The predicted octanol–water partition coefficient (Wildman–Crippen LogP) is 4.58. The number of hydrogen-bond acceptors (Lipinski definition) is 5. The molecule has 4 aromatic rings. The first-order valence-electron chi connectivity index (χ1n) is 8.48. The normalized spacial score (nSPS) is 10.1. The van der Waals surface area contributed by atoms with Gasteiger partial charge in [0.25, 0.3) is 0 Å². The average molecular weight is 374 g/mol. The fourth-order valence-electron chi connectivity index (χ4n) is 2.67. The van der Waals surface area contributed by atoms with Gasteiger partial charge >= 0.3 is 0 Å². The quantitative estimate of drug-likeness (QED) is 0.385. The van der Waals surface area contributed by atoms with Gasteiger partial charge in [-0.25, -0.2) is 0 Å². The lowest BCUT2D eigenvalue weighted by atomic mass is 10.0. The molecule has 0 saturated carbocycles. The fourth-order valence-corrected chi connectivity index (χ4v) is 2.67. The summed E-state index contributed by atoms with van der Waals surface area (Å²) in [5.41, 5.74) is 1.01. The summed E-state index contributed by atoms with van der Waals surface area (Å²) in [7, 11) is 0. The Hall–Kier alpha value is -3.99. The summed E-state index contributed by atoms with van der Waals surface area (Å²) >= 11 is 0. The average Bonchev–Trinajstić information content (AvgIpc) is 2.70. The molecule has 0 aliphatic carbocycles. The Labute approximate surface area is 161 Å². The van der Waals surface area contributed by atoms with E-state index in [0.717, 1.165) is 0 Å². The molecule has 0 unspecified atom stereocenters. The first-order chi connectivity index (χ1) is 13.5. The summed E-state index contributed by atoms with van der Waals surface area (Å²) in [5, 5.41) is 38.3. The van der Waals surface area contributed by atoms with Gasteiger partial charge in [0.2, 0.25) is 0 Å². The van der Waals surface area contributed by atoms with Crippen LogP contribution in [0.5, 0.6) is 23.0 Å². The van der Waals surface area contributed by atoms with Gasteiger partial charge in [-0.3, -0.25) is 4.79 Å². The summed E-state index contributed by atoms with van der Waals surface area (Å²) in [6, 6.07) is 22.2. The molecule has 0 aliphatic heterocycles. The largest absolute Gasteiger partial charge is 0.508 e. The molecule has 0 saturated heterocycles. The van der Waals surface area contributed by atoms with E-state index in [-0.39, 0.29) is 28.8 Å². The molecule has 5 heteroatoms. The zero-order valence-corrected chi connectivity index (χ0v) is 14.8. The summed E-state index contributed by atoms with van der Waals surface area (Å²) in [5.74, 6) is 0.510. The number of rotatable bonds is 2. The van der Waals surface area contributed by atoms with E-state index in [2.05, 4.69) is 0 Å². The Kier molecular flexibility index (Phi) is 5.46. The molecular formula is C23H18O5. The number of phenolic OH excluding ortho intramolecular Hbond substituents is 4. The van der Waals surface area contributed by atoms with E-state index in [0.29, 0.717) is 21.9 Å². The van der Waals surface area contributed by atoms with Gasteiger partial charge in [0.15, 0.2) is 5.78 Å². The van der Waals surface area contributed by atoms with Crippen molar-refractivity contribution >= 4 is 16.6 Å². The molecule has 0 atom stereocenters. The van der Waals surface area contributed by atoms with Gasteiger partial charge in [-0.1, -0.05) is 24.3 Å². The molecule has 140 valence electrons. The van der Waals surface area contributed by atoms with Gasteiger partial charge in [-0.15, -0.1) is 0 Å². The van der Waals surface area contributed by atoms with E-state index in [4.69, 9.17) is 10.2 Å². The van der Waals surface area contributed by atoms with Gasteiger partial charge in [0.1, 0.15) is 23.0 Å². The molecule has 4 aromatic carbocycles. The van der Waals surface area contributed by atoms with Crippen molar-refractivity contribution in [3.05, 3.63) is 96.1 Å². The minimum Gasteiger partial charge on any atom is -0.508 e. The first kappa shape index (κ1) is 18.8. The second kappa shape index (κ2) is 8.14. The zero-order chi connectivity index (χ0) is 20.1. The van der Waals surface area contributed by atoms with Gasteiger partial charge in [0, 0.05) is 21.9 Å². The number of aromatic hydroxyl groups is 4. The second-order valence-electron chi connectivity index (χ2n) is 6.07. The molecule has 5 nitrogen and oxygen atoms in total. The van der Waals surface area contributed by atoms with E-state index in [1.807, 2.05) is 0 Å². The van der Waals surface area contributed by atoms with Crippen LogP contribution in [0.15, 0.2) is 84.9 Å². The standard InChI is InChI=1S/C13H10O3.C10H8O2/c14-11-5-1-9(2-6-11)13(16)10-3-7-12(15)8-4-10;11-9-5-1-3-7-8(9)4-2-6-10(7)12/h1-8,14-15H;1-6,11-12H. The number of benzene rings is 4. The van der Waals surface area contributed by atoms with Crippen LogP contribution in [0.3, 0.4) is 0 Å². The van der Waals surface area contributed by atoms with Crippen LogP contribution >= 0.6 is 0 Å². The summed E-state index contributed by atoms with van der Waals surface area (Å²) in [6.07, 6.45) is 0. The van der Waals surface area contributed by atoms with Crippen LogP contribution in [0.4, 0.5) is 0 Å². The van der Waals surface area contributed by atoms with Crippen LogP contribution in [0.2, 0.25) is 0 Å². The third-order valence-corrected chi connectivity index (χ3v) is 4.14. The highest BCUT2D eigenvalue weighted by Gasteiger charge is 2.08. The van der Waals surface area contributed by atoms with Crippen molar-refractivity contribution in [2.24, 2.45) is 0 Å². The minimum atomic E-state index is -0.139.